The number of methoxy groups -OCH3 is 1. The molecule has 1 aromatic heterocycles. The Morgan fingerprint density at radius 1 is 1.59 bits per heavy atom. The van der Waals surface area contributed by atoms with Gasteiger partial charge in [-0.25, -0.2) is 14.8 Å². The molecule has 0 amide bonds. The molecule has 17 heavy (non-hydrogen) atoms. The number of ether oxygens (including phenoxy) is 1. The zero-order valence-corrected chi connectivity index (χ0v) is 9.56. The third-order valence-corrected chi connectivity index (χ3v) is 2.57. The first-order valence-electron chi connectivity index (χ1n) is 5.33. The lowest BCUT2D eigenvalue weighted by Gasteiger charge is -2.13. The Morgan fingerprint density at radius 3 is 3.06 bits per heavy atom. The fourth-order valence-electron chi connectivity index (χ4n) is 1.66. The lowest BCUT2D eigenvalue weighted by atomic mass is 10.1. The highest BCUT2D eigenvalue weighted by molar-refractivity contribution is 5.92. The maximum Gasteiger partial charge on any atom is 0.360 e. The van der Waals surface area contributed by atoms with Gasteiger partial charge in [0.1, 0.15) is 0 Å². The third kappa shape index (κ3) is 2.42. The second kappa shape index (κ2) is 4.92. The van der Waals surface area contributed by atoms with Gasteiger partial charge in [-0.3, -0.25) is 0 Å². The molecule has 6 heteroatoms. The number of hydrogen-bond donors (Lipinski definition) is 2. The van der Waals surface area contributed by atoms with Crippen LogP contribution < -0.4 is 11.1 Å². The van der Waals surface area contributed by atoms with Gasteiger partial charge in [0.15, 0.2) is 11.5 Å². The van der Waals surface area contributed by atoms with Gasteiger partial charge in [-0.15, -0.1) is 0 Å². The SMILES string of the molecule is COC(=O)c1nc(C2=CCNCC2)cnc1N. The summed E-state index contributed by atoms with van der Waals surface area (Å²) in [4.78, 5) is 19.6. The van der Waals surface area contributed by atoms with E-state index in [1.165, 1.54) is 7.11 Å². The van der Waals surface area contributed by atoms with E-state index in [1.54, 1.807) is 6.20 Å². The van der Waals surface area contributed by atoms with Gasteiger partial charge in [-0.2, -0.15) is 0 Å². The molecule has 0 atom stereocenters. The van der Waals surface area contributed by atoms with Crippen molar-refractivity contribution in [1.82, 2.24) is 15.3 Å². The van der Waals surface area contributed by atoms with Crippen molar-refractivity contribution < 1.29 is 9.53 Å². The quantitative estimate of drug-likeness (QED) is 0.711. The van der Waals surface area contributed by atoms with Gasteiger partial charge in [0, 0.05) is 6.54 Å². The summed E-state index contributed by atoms with van der Waals surface area (Å²) >= 11 is 0. The minimum absolute atomic E-state index is 0.0735. The summed E-state index contributed by atoms with van der Waals surface area (Å²) in [7, 11) is 1.29. The van der Waals surface area contributed by atoms with Crippen LogP contribution in [0, 0.1) is 0 Å². The van der Waals surface area contributed by atoms with E-state index < -0.39 is 5.97 Å². The Kier molecular flexibility index (Phi) is 3.34. The lowest BCUT2D eigenvalue weighted by Crippen LogP contribution is -2.21. The van der Waals surface area contributed by atoms with Crippen molar-refractivity contribution in [3.05, 3.63) is 23.7 Å². The Morgan fingerprint density at radius 2 is 2.41 bits per heavy atom. The van der Waals surface area contributed by atoms with Crippen molar-refractivity contribution in [3.8, 4) is 0 Å². The molecule has 0 fully saturated rings. The van der Waals surface area contributed by atoms with E-state index in [0.29, 0.717) is 5.69 Å². The molecule has 0 bridgehead atoms. The van der Waals surface area contributed by atoms with E-state index in [2.05, 4.69) is 20.0 Å². The Hall–Kier alpha value is -1.95. The summed E-state index contributed by atoms with van der Waals surface area (Å²) in [6.07, 6.45) is 4.48. The summed E-state index contributed by atoms with van der Waals surface area (Å²) in [5.74, 6) is -0.471. The number of carbonyl (C=O) groups is 1. The predicted molar refractivity (Wildman–Crippen MR) is 63.2 cm³/mol. The van der Waals surface area contributed by atoms with Crippen LogP contribution in [0.5, 0.6) is 0 Å². The van der Waals surface area contributed by atoms with Crippen molar-refractivity contribution in [2.45, 2.75) is 6.42 Å². The van der Waals surface area contributed by atoms with Crippen molar-refractivity contribution >= 4 is 17.4 Å². The van der Waals surface area contributed by atoms with E-state index in [9.17, 15) is 4.79 Å². The molecule has 0 unspecified atom stereocenters. The average Bonchev–Trinajstić information content (AvgIpc) is 2.39. The van der Waals surface area contributed by atoms with Crippen LogP contribution in [0.1, 0.15) is 22.6 Å². The molecule has 0 saturated carbocycles. The first-order valence-corrected chi connectivity index (χ1v) is 5.33. The van der Waals surface area contributed by atoms with E-state index in [-0.39, 0.29) is 11.5 Å². The molecule has 0 saturated heterocycles. The Balaban J connectivity index is 2.36. The van der Waals surface area contributed by atoms with Gasteiger partial charge in [-0.1, -0.05) is 6.08 Å². The number of nitrogens with zero attached hydrogens (tertiary/aromatic N) is 2. The van der Waals surface area contributed by atoms with E-state index in [4.69, 9.17) is 5.73 Å². The first-order chi connectivity index (χ1) is 8.22. The minimum atomic E-state index is -0.564. The number of rotatable bonds is 2. The Bertz CT molecular complexity index is 471. The maximum absolute atomic E-state index is 11.4. The molecule has 0 aromatic carbocycles. The topological polar surface area (TPSA) is 90.1 Å². The molecular weight excluding hydrogens is 220 g/mol. The number of nitrogens with one attached hydrogen (secondary N) is 1. The lowest BCUT2D eigenvalue weighted by molar-refractivity contribution is 0.0595. The summed E-state index contributed by atoms with van der Waals surface area (Å²) in [5, 5.41) is 3.20. The summed E-state index contributed by atoms with van der Waals surface area (Å²) in [5.41, 5.74) is 7.42. The van der Waals surface area contributed by atoms with Gasteiger partial charge < -0.3 is 15.8 Å². The smallest absolute Gasteiger partial charge is 0.360 e. The fourth-order valence-corrected chi connectivity index (χ4v) is 1.66. The van der Waals surface area contributed by atoms with Crippen LogP contribution in [0.25, 0.3) is 5.57 Å². The molecule has 2 rings (SSSR count). The highest BCUT2D eigenvalue weighted by Gasteiger charge is 2.16. The minimum Gasteiger partial charge on any atom is -0.464 e. The summed E-state index contributed by atoms with van der Waals surface area (Å²) in [6, 6.07) is 0. The molecule has 1 aromatic rings. The van der Waals surface area contributed by atoms with Crippen molar-refractivity contribution in [1.29, 1.82) is 0 Å². The molecule has 90 valence electrons. The highest BCUT2D eigenvalue weighted by Crippen LogP contribution is 2.19. The molecule has 1 aliphatic rings. The van der Waals surface area contributed by atoms with Gasteiger partial charge in [0.2, 0.25) is 0 Å². The van der Waals surface area contributed by atoms with Crippen molar-refractivity contribution in [2.24, 2.45) is 0 Å². The van der Waals surface area contributed by atoms with E-state index in [1.807, 2.05) is 6.08 Å². The van der Waals surface area contributed by atoms with Crippen LogP contribution in [-0.2, 0) is 4.74 Å². The van der Waals surface area contributed by atoms with Gasteiger partial charge in [0.05, 0.1) is 19.0 Å². The zero-order valence-electron chi connectivity index (χ0n) is 9.56. The number of carbonyl (C=O) groups excluding carboxylic acids is 1. The fraction of sp³-hybridized carbons (Fsp3) is 0.364. The van der Waals surface area contributed by atoms with Gasteiger partial charge >= 0.3 is 5.97 Å². The van der Waals surface area contributed by atoms with Crippen LogP contribution in [0.15, 0.2) is 12.3 Å². The molecule has 0 radical (unpaired) electrons. The second-order valence-electron chi connectivity index (χ2n) is 3.66. The normalized spacial score (nSPS) is 15.2. The largest absolute Gasteiger partial charge is 0.464 e. The van der Waals surface area contributed by atoms with Gasteiger partial charge in [0.25, 0.3) is 0 Å². The monoisotopic (exact) mass is 234 g/mol. The van der Waals surface area contributed by atoms with Gasteiger partial charge in [-0.05, 0) is 18.5 Å². The number of hydrogen-bond acceptors (Lipinski definition) is 6. The van der Waals surface area contributed by atoms with Crippen LogP contribution in [0.3, 0.4) is 0 Å². The number of nitrogens with two attached hydrogens (primary N) is 1. The van der Waals surface area contributed by atoms with Crippen LogP contribution in [-0.4, -0.2) is 36.1 Å². The predicted octanol–water partition coefficient (Wildman–Crippen LogP) is 0.222. The van der Waals surface area contributed by atoms with E-state index >= 15 is 0 Å². The van der Waals surface area contributed by atoms with Crippen LogP contribution in [0.4, 0.5) is 5.82 Å². The van der Waals surface area contributed by atoms with Crippen molar-refractivity contribution in [2.75, 3.05) is 25.9 Å². The highest BCUT2D eigenvalue weighted by atomic mass is 16.5. The zero-order chi connectivity index (χ0) is 12.3. The average molecular weight is 234 g/mol. The summed E-state index contributed by atoms with van der Waals surface area (Å²) in [6.45, 7) is 1.69. The third-order valence-electron chi connectivity index (χ3n) is 2.57. The Labute approximate surface area is 98.9 Å². The maximum atomic E-state index is 11.4. The van der Waals surface area contributed by atoms with Crippen LogP contribution >= 0.6 is 0 Å². The number of aromatic nitrogens is 2. The molecule has 6 nitrogen and oxygen atoms in total. The molecular formula is C11H14N4O2. The first kappa shape index (κ1) is 11.5. The van der Waals surface area contributed by atoms with Crippen molar-refractivity contribution in [3.63, 3.8) is 0 Å². The summed E-state index contributed by atoms with van der Waals surface area (Å²) < 4.78 is 4.61. The second-order valence-corrected chi connectivity index (χ2v) is 3.66. The number of esters is 1. The van der Waals surface area contributed by atoms with Crippen LogP contribution in [0.2, 0.25) is 0 Å². The standard InChI is InChI=1S/C11H14N4O2/c1-17-11(16)9-10(12)14-6-8(15-9)7-2-4-13-5-3-7/h2,6,13H,3-5H2,1H3,(H2,12,14). The molecule has 0 aliphatic carbocycles. The number of nitrogen functional groups attached to an aromatic ring is 1. The van der Waals surface area contributed by atoms with E-state index in [0.717, 1.165) is 25.1 Å². The molecule has 2 heterocycles. The molecule has 1 aliphatic heterocycles. The molecule has 0 spiro atoms. The number of anilines is 1. The molecule has 3 N–H and O–H groups in total.